The summed E-state index contributed by atoms with van der Waals surface area (Å²) < 4.78 is 72.6. The van der Waals surface area contributed by atoms with E-state index in [1.165, 1.54) is 29.9 Å². The average Bonchev–Trinajstić information content (AvgIpc) is 2.78. The third-order valence-corrected chi connectivity index (χ3v) is 9.41. The molecule has 9 nitrogen and oxygen atoms in total. The van der Waals surface area contributed by atoms with Crippen LogP contribution in [0.15, 0.2) is 15.9 Å². The molecule has 0 radical (unpaired) electrons. The second-order valence-corrected chi connectivity index (χ2v) is 11.2. The van der Waals surface area contributed by atoms with Crippen LogP contribution in [0.4, 0.5) is 0 Å². The maximum atomic E-state index is 13.4. The van der Waals surface area contributed by atoms with Gasteiger partial charge >= 0.3 is 0 Å². The van der Waals surface area contributed by atoms with E-state index in [1.54, 1.807) is 0 Å². The molecule has 0 saturated carbocycles. The molecule has 170 valence electrons. The molecule has 2 aliphatic rings. The molecule has 3 rings (SSSR count). The van der Waals surface area contributed by atoms with Crippen molar-refractivity contribution in [1.82, 2.24) is 8.61 Å². The Hall–Kier alpha value is -1.56. The van der Waals surface area contributed by atoms with E-state index >= 15 is 0 Å². The van der Waals surface area contributed by atoms with Gasteiger partial charge in [0.1, 0.15) is 9.79 Å². The molecule has 0 N–H and O–H groups in total. The quantitative estimate of drug-likeness (QED) is 0.611. The number of piperidine rings is 2. The Morgan fingerprint density at radius 3 is 1.23 bits per heavy atom. The molecule has 2 aliphatic heterocycles. The van der Waals surface area contributed by atoms with Crippen molar-refractivity contribution in [2.75, 3.05) is 47.5 Å². The van der Waals surface area contributed by atoms with Gasteiger partial charge in [0.05, 0.1) is 21.3 Å². The van der Waals surface area contributed by atoms with Crippen LogP contribution in [-0.4, -0.2) is 73.0 Å². The molecule has 2 saturated heterocycles. The van der Waals surface area contributed by atoms with Gasteiger partial charge < -0.3 is 14.2 Å². The number of benzene rings is 1. The molecular formula is C19H30N2O7S2. The summed E-state index contributed by atoms with van der Waals surface area (Å²) in [4.78, 5) is -0.444. The van der Waals surface area contributed by atoms with Crippen LogP contribution in [-0.2, 0) is 20.0 Å². The van der Waals surface area contributed by atoms with Crippen molar-refractivity contribution < 1.29 is 31.0 Å². The number of sulfonamides is 2. The van der Waals surface area contributed by atoms with Gasteiger partial charge in [-0.05, 0) is 31.7 Å². The zero-order valence-electron chi connectivity index (χ0n) is 17.7. The Kier molecular flexibility index (Phi) is 7.16. The molecule has 0 atom stereocenters. The van der Waals surface area contributed by atoms with Gasteiger partial charge in [0, 0.05) is 26.2 Å². The van der Waals surface area contributed by atoms with E-state index in [2.05, 4.69) is 0 Å². The summed E-state index contributed by atoms with van der Waals surface area (Å²) in [6.45, 7) is 1.53. The maximum Gasteiger partial charge on any atom is 0.246 e. The molecule has 30 heavy (non-hydrogen) atoms. The largest absolute Gasteiger partial charge is 0.491 e. The average molecular weight is 463 g/mol. The van der Waals surface area contributed by atoms with Crippen molar-refractivity contribution in [3.63, 3.8) is 0 Å². The summed E-state index contributed by atoms with van der Waals surface area (Å²) in [5, 5.41) is 0. The molecule has 0 bridgehead atoms. The van der Waals surface area contributed by atoms with E-state index < -0.39 is 20.0 Å². The molecule has 1 aromatic carbocycles. The fourth-order valence-electron chi connectivity index (χ4n) is 4.02. The summed E-state index contributed by atoms with van der Waals surface area (Å²) in [6, 6.07) is 1.16. The summed E-state index contributed by atoms with van der Waals surface area (Å²) in [7, 11) is -3.99. The van der Waals surface area contributed by atoms with E-state index in [9.17, 15) is 16.8 Å². The first-order chi connectivity index (χ1) is 14.3. The second-order valence-electron chi connectivity index (χ2n) is 7.40. The van der Waals surface area contributed by atoms with Crippen LogP contribution < -0.4 is 14.2 Å². The number of ether oxygens (including phenoxy) is 3. The first kappa shape index (κ1) is 23.1. The van der Waals surface area contributed by atoms with Gasteiger partial charge in [-0.1, -0.05) is 12.8 Å². The Labute approximate surface area is 179 Å². The van der Waals surface area contributed by atoms with Crippen LogP contribution in [0.1, 0.15) is 38.5 Å². The minimum Gasteiger partial charge on any atom is -0.491 e. The molecular weight excluding hydrogens is 432 g/mol. The topological polar surface area (TPSA) is 102 Å². The number of rotatable bonds is 7. The van der Waals surface area contributed by atoms with Gasteiger partial charge in [0.25, 0.3) is 0 Å². The molecule has 0 unspecified atom stereocenters. The van der Waals surface area contributed by atoms with Crippen LogP contribution in [0.25, 0.3) is 0 Å². The molecule has 0 spiro atoms. The predicted octanol–water partition coefficient (Wildman–Crippen LogP) is 2.06. The van der Waals surface area contributed by atoms with E-state index in [4.69, 9.17) is 14.2 Å². The highest BCUT2D eigenvalue weighted by molar-refractivity contribution is 7.90. The Bertz CT molecular complexity index is 891. The SMILES string of the molecule is COc1c(S(=O)(=O)N2CCCCC2)cc(S(=O)(=O)N2CCCCC2)c(OC)c1OC. The molecule has 11 heteroatoms. The van der Waals surface area contributed by atoms with Gasteiger partial charge in [0.15, 0.2) is 11.5 Å². The number of methoxy groups -OCH3 is 3. The normalized spacial score (nSPS) is 19.4. The number of hydrogen-bond donors (Lipinski definition) is 0. The monoisotopic (exact) mass is 462 g/mol. The van der Waals surface area contributed by atoms with Crippen molar-refractivity contribution in [3.05, 3.63) is 6.07 Å². The van der Waals surface area contributed by atoms with E-state index in [0.717, 1.165) is 44.6 Å². The summed E-state index contributed by atoms with van der Waals surface area (Å²) in [5.74, 6) is -0.163. The molecule has 2 heterocycles. The Balaban J connectivity index is 2.24. The highest BCUT2D eigenvalue weighted by atomic mass is 32.2. The van der Waals surface area contributed by atoms with Crippen molar-refractivity contribution in [2.24, 2.45) is 0 Å². The fraction of sp³-hybridized carbons (Fsp3) is 0.684. The molecule has 2 fully saturated rings. The van der Waals surface area contributed by atoms with Gasteiger partial charge in [-0.15, -0.1) is 0 Å². The van der Waals surface area contributed by atoms with Crippen molar-refractivity contribution in [2.45, 2.75) is 48.3 Å². The zero-order chi connectivity index (χ0) is 21.9. The van der Waals surface area contributed by atoms with E-state index in [-0.39, 0.29) is 27.0 Å². The fourth-order valence-corrected chi connectivity index (χ4v) is 7.48. The smallest absolute Gasteiger partial charge is 0.246 e. The van der Waals surface area contributed by atoms with Crippen molar-refractivity contribution in [3.8, 4) is 17.2 Å². The van der Waals surface area contributed by atoms with Crippen molar-refractivity contribution >= 4 is 20.0 Å². The third kappa shape index (κ3) is 4.12. The summed E-state index contributed by atoms with van der Waals surface area (Å²) >= 11 is 0. The minimum absolute atomic E-state index is 0.0475. The molecule has 0 aliphatic carbocycles. The van der Waals surface area contributed by atoms with Gasteiger partial charge in [-0.2, -0.15) is 8.61 Å². The van der Waals surface area contributed by atoms with Crippen LogP contribution >= 0.6 is 0 Å². The van der Waals surface area contributed by atoms with E-state index in [0.29, 0.717) is 26.2 Å². The summed E-state index contributed by atoms with van der Waals surface area (Å²) in [6.07, 6.45) is 4.95. The lowest BCUT2D eigenvalue weighted by Gasteiger charge is -2.29. The molecule has 0 amide bonds. The van der Waals surface area contributed by atoms with Crippen LogP contribution in [0, 0.1) is 0 Å². The van der Waals surface area contributed by atoms with Crippen LogP contribution in [0.5, 0.6) is 17.2 Å². The van der Waals surface area contributed by atoms with Gasteiger partial charge in [0.2, 0.25) is 25.8 Å². The molecule has 1 aromatic rings. The third-order valence-electron chi connectivity index (χ3n) is 5.60. The van der Waals surface area contributed by atoms with E-state index in [1.807, 2.05) is 0 Å². The maximum absolute atomic E-state index is 13.4. The zero-order valence-corrected chi connectivity index (χ0v) is 19.4. The first-order valence-electron chi connectivity index (χ1n) is 10.1. The number of hydrogen-bond acceptors (Lipinski definition) is 7. The first-order valence-corrected chi connectivity index (χ1v) is 13.0. The lowest BCUT2D eigenvalue weighted by Crippen LogP contribution is -2.37. The Morgan fingerprint density at radius 1 is 0.600 bits per heavy atom. The molecule has 0 aromatic heterocycles. The lowest BCUT2D eigenvalue weighted by molar-refractivity contribution is 0.306. The van der Waals surface area contributed by atoms with Gasteiger partial charge in [-0.3, -0.25) is 0 Å². The number of nitrogens with zero attached hydrogens (tertiary/aromatic N) is 2. The highest BCUT2D eigenvalue weighted by Crippen LogP contribution is 2.47. The predicted molar refractivity (Wildman–Crippen MR) is 111 cm³/mol. The van der Waals surface area contributed by atoms with Crippen molar-refractivity contribution in [1.29, 1.82) is 0 Å². The Morgan fingerprint density at radius 2 is 0.933 bits per heavy atom. The van der Waals surface area contributed by atoms with Crippen LogP contribution in [0.3, 0.4) is 0 Å². The van der Waals surface area contributed by atoms with Gasteiger partial charge in [-0.25, -0.2) is 16.8 Å². The minimum atomic E-state index is -3.99. The van der Waals surface area contributed by atoms with Crippen LogP contribution in [0.2, 0.25) is 0 Å². The highest BCUT2D eigenvalue weighted by Gasteiger charge is 2.38. The lowest BCUT2D eigenvalue weighted by atomic mass is 10.2. The standard InChI is InChI=1S/C19H30N2O7S2/c1-26-17-15(29(22,23)20-10-6-4-7-11-20)14-16(18(27-2)19(17)28-3)30(24,25)21-12-8-5-9-13-21/h14H,4-13H2,1-3H3. The second kappa shape index (κ2) is 9.29. The summed E-state index contributed by atoms with van der Waals surface area (Å²) in [5.41, 5.74) is 0.